The minimum absolute atomic E-state index is 0.241. The normalized spacial score (nSPS) is 14.7. The fraction of sp³-hybridized carbons (Fsp3) is 0.333. The van der Waals surface area contributed by atoms with Gasteiger partial charge in [0, 0.05) is 31.7 Å². The molecule has 0 radical (unpaired) electrons. The zero-order valence-corrected chi connectivity index (χ0v) is 12.4. The number of benzene rings is 1. The van der Waals surface area contributed by atoms with E-state index in [1.54, 1.807) is 12.1 Å². The molecule has 116 valence electrons. The van der Waals surface area contributed by atoms with Crippen LogP contribution in [0.3, 0.4) is 0 Å². The Morgan fingerprint density at radius 1 is 1.27 bits per heavy atom. The van der Waals surface area contributed by atoms with Crippen LogP contribution in [0.4, 0.5) is 22.0 Å². The Morgan fingerprint density at radius 3 is 2.68 bits per heavy atom. The maximum Gasteiger partial charge on any atom is 0.223 e. The van der Waals surface area contributed by atoms with E-state index < -0.39 is 0 Å². The first-order valence-electron chi connectivity index (χ1n) is 7.19. The Labute approximate surface area is 128 Å². The molecule has 1 saturated heterocycles. The molecule has 1 aliphatic rings. The number of rotatable bonds is 5. The maximum atomic E-state index is 12.9. The average Bonchev–Trinajstić information content (AvgIpc) is 2.45. The van der Waals surface area contributed by atoms with Gasteiger partial charge in [-0.25, -0.2) is 4.39 Å². The second-order valence-electron chi connectivity index (χ2n) is 5.34. The minimum Gasteiger partial charge on any atom is -0.368 e. The number of nitrogen functional groups attached to an aromatic ring is 1. The summed E-state index contributed by atoms with van der Waals surface area (Å²) < 4.78 is 12.9. The molecule has 3 rings (SSSR count). The molecule has 1 aliphatic heterocycles. The van der Waals surface area contributed by atoms with Crippen molar-refractivity contribution in [3.05, 3.63) is 41.7 Å². The van der Waals surface area contributed by atoms with Gasteiger partial charge in [-0.2, -0.15) is 9.97 Å². The highest BCUT2D eigenvalue weighted by atomic mass is 19.1. The van der Waals surface area contributed by atoms with Crippen molar-refractivity contribution in [3.8, 4) is 0 Å². The summed E-state index contributed by atoms with van der Waals surface area (Å²) in [6.45, 7) is 2.37. The van der Waals surface area contributed by atoms with Gasteiger partial charge in [-0.05, 0) is 24.7 Å². The molecule has 1 aromatic heterocycles. The molecule has 4 N–H and O–H groups in total. The van der Waals surface area contributed by atoms with Gasteiger partial charge in [-0.1, -0.05) is 12.1 Å². The molecule has 0 spiro atoms. The van der Waals surface area contributed by atoms with E-state index in [2.05, 4.69) is 25.5 Å². The van der Waals surface area contributed by atoms with Gasteiger partial charge >= 0.3 is 0 Å². The Bertz CT molecular complexity index is 639. The van der Waals surface area contributed by atoms with E-state index in [1.165, 1.54) is 12.1 Å². The van der Waals surface area contributed by atoms with E-state index in [1.807, 2.05) is 13.1 Å². The number of likely N-dealkylation sites (N-methyl/N-ethyl adjacent to an activating group) is 1. The van der Waals surface area contributed by atoms with Crippen molar-refractivity contribution in [1.82, 2.24) is 15.3 Å². The molecular formula is C15H19FN6. The Balaban J connectivity index is 1.66. The molecule has 7 heteroatoms. The highest BCUT2D eigenvalue weighted by Gasteiger charge is 2.26. The largest absolute Gasteiger partial charge is 0.368 e. The van der Waals surface area contributed by atoms with Crippen LogP contribution in [0.25, 0.3) is 0 Å². The average molecular weight is 302 g/mol. The second-order valence-corrected chi connectivity index (χ2v) is 5.34. The Morgan fingerprint density at radius 2 is 2.00 bits per heavy atom. The number of nitrogens with one attached hydrogen (secondary N) is 2. The van der Waals surface area contributed by atoms with Crippen LogP contribution in [0.15, 0.2) is 30.3 Å². The van der Waals surface area contributed by atoms with Crippen LogP contribution in [0.5, 0.6) is 0 Å². The number of anilines is 3. The number of nitrogens with two attached hydrogens (primary N) is 1. The highest BCUT2D eigenvalue weighted by molar-refractivity contribution is 5.54. The lowest BCUT2D eigenvalue weighted by Gasteiger charge is -2.40. The van der Waals surface area contributed by atoms with Crippen molar-refractivity contribution < 1.29 is 4.39 Å². The molecule has 0 atom stereocenters. The summed E-state index contributed by atoms with van der Waals surface area (Å²) in [4.78, 5) is 10.6. The summed E-state index contributed by atoms with van der Waals surface area (Å²) in [7, 11) is 1.95. The predicted molar refractivity (Wildman–Crippen MR) is 85.2 cm³/mol. The van der Waals surface area contributed by atoms with Crippen LogP contribution in [-0.2, 0) is 6.54 Å². The van der Waals surface area contributed by atoms with Gasteiger partial charge in [-0.15, -0.1) is 0 Å². The fourth-order valence-electron chi connectivity index (χ4n) is 2.35. The zero-order chi connectivity index (χ0) is 15.5. The van der Waals surface area contributed by atoms with E-state index in [-0.39, 0.29) is 11.8 Å². The zero-order valence-electron chi connectivity index (χ0n) is 12.4. The molecule has 0 bridgehead atoms. The van der Waals surface area contributed by atoms with E-state index in [4.69, 9.17) is 5.73 Å². The number of aromatic nitrogens is 2. The standard InChI is InChI=1S/C15H19FN6/c1-18-12-8-22(9-12)14-6-13(20-15(17)21-14)19-7-10-2-4-11(16)5-3-10/h2-6,12,18H,7-9H2,1H3,(H3,17,19,20,21). The lowest BCUT2D eigenvalue weighted by atomic mass is 10.1. The van der Waals surface area contributed by atoms with Crippen molar-refractivity contribution in [2.24, 2.45) is 0 Å². The molecule has 0 unspecified atom stereocenters. The Hall–Kier alpha value is -2.41. The fourth-order valence-corrected chi connectivity index (χ4v) is 2.35. The van der Waals surface area contributed by atoms with E-state index in [0.717, 1.165) is 24.5 Å². The van der Waals surface area contributed by atoms with Crippen LogP contribution < -0.4 is 21.3 Å². The molecule has 6 nitrogen and oxygen atoms in total. The summed E-state index contributed by atoms with van der Waals surface area (Å²) in [6, 6.07) is 8.73. The van der Waals surface area contributed by atoms with Crippen LogP contribution in [0, 0.1) is 5.82 Å². The van der Waals surface area contributed by atoms with Gasteiger partial charge in [0.15, 0.2) is 0 Å². The lowest BCUT2D eigenvalue weighted by molar-refractivity contribution is 0.447. The third-order valence-corrected chi connectivity index (χ3v) is 3.73. The molecule has 0 saturated carbocycles. The van der Waals surface area contributed by atoms with Crippen molar-refractivity contribution in [2.75, 3.05) is 36.1 Å². The highest BCUT2D eigenvalue weighted by Crippen LogP contribution is 2.22. The topological polar surface area (TPSA) is 79.1 Å². The number of hydrogen-bond donors (Lipinski definition) is 3. The summed E-state index contributed by atoms with van der Waals surface area (Å²) in [5.74, 6) is 1.49. The van der Waals surface area contributed by atoms with Crippen LogP contribution >= 0.6 is 0 Å². The summed E-state index contributed by atoms with van der Waals surface area (Å²) in [6.07, 6.45) is 0. The van der Waals surface area contributed by atoms with Gasteiger partial charge in [0.1, 0.15) is 17.5 Å². The minimum atomic E-state index is -0.241. The van der Waals surface area contributed by atoms with Crippen molar-refractivity contribution in [1.29, 1.82) is 0 Å². The van der Waals surface area contributed by atoms with Crippen LogP contribution in [0.2, 0.25) is 0 Å². The first kappa shape index (κ1) is 14.5. The van der Waals surface area contributed by atoms with Gasteiger partial charge < -0.3 is 21.3 Å². The van der Waals surface area contributed by atoms with Gasteiger partial charge in [0.25, 0.3) is 0 Å². The summed E-state index contributed by atoms with van der Waals surface area (Å²) in [5, 5.41) is 6.41. The van der Waals surface area contributed by atoms with Crippen molar-refractivity contribution in [2.45, 2.75) is 12.6 Å². The SMILES string of the molecule is CNC1CN(c2cc(NCc3ccc(F)cc3)nc(N)n2)C1. The Kier molecular flexibility index (Phi) is 4.06. The number of halogens is 1. The molecular weight excluding hydrogens is 283 g/mol. The van der Waals surface area contributed by atoms with Gasteiger partial charge in [-0.3, -0.25) is 0 Å². The molecule has 2 aromatic rings. The van der Waals surface area contributed by atoms with Gasteiger partial charge in [0.05, 0.1) is 0 Å². The van der Waals surface area contributed by atoms with Crippen LogP contribution in [0.1, 0.15) is 5.56 Å². The maximum absolute atomic E-state index is 12.9. The monoisotopic (exact) mass is 302 g/mol. The molecule has 2 heterocycles. The first-order chi connectivity index (χ1) is 10.6. The molecule has 1 aromatic carbocycles. The summed E-state index contributed by atoms with van der Waals surface area (Å²) in [5.41, 5.74) is 6.75. The van der Waals surface area contributed by atoms with E-state index in [9.17, 15) is 4.39 Å². The van der Waals surface area contributed by atoms with Crippen molar-refractivity contribution >= 4 is 17.6 Å². The molecule has 1 fully saturated rings. The molecule has 22 heavy (non-hydrogen) atoms. The molecule has 0 aliphatic carbocycles. The second kappa shape index (κ2) is 6.15. The number of nitrogens with zero attached hydrogens (tertiary/aromatic N) is 3. The predicted octanol–water partition coefficient (Wildman–Crippen LogP) is 1.22. The quantitative estimate of drug-likeness (QED) is 0.771. The van der Waals surface area contributed by atoms with E-state index in [0.29, 0.717) is 18.4 Å². The lowest BCUT2D eigenvalue weighted by Crippen LogP contribution is -2.57. The van der Waals surface area contributed by atoms with E-state index >= 15 is 0 Å². The summed E-state index contributed by atoms with van der Waals surface area (Å²) >= 11 is 0. The van der Waals surface area contributed by atoms with Gasteiger partial charge in [0.2, 0.25) is 5.95 Å². The third-order valence-electron chi connectivity index (χ3n) is 3.73. The number of hydrogen-bond acceptors (Lipinski definition) is 6. The van der Waals surface area contributed by atoms with Crippen molar-refractivity contribution in [3.63, 3.8) is 0 Å². The molecule has 0 amide bonds. The van der Waals surface area contributed by atoms with Crippen LogP contribution in [-0.4, -0.2) is 36.1 Å². The smallest absolute Gasteiger partial charge is 0.223 e. The third kappa shape index (κ3) is 3.25. The first-order valence-corrected chi connectivity index (χ1v) is 7.19.